The van der Waals surface area contributed by atoms with Gasteiger partial charge in [0.1, 0.15) is 11.7 Å². The normalized spacial score (nSPS) is 12.3. The van der Waals surface area contributed by atoms with Crippen molar-refractivity contribution in [2.75, 3.05) is 12.0 Å². The molecule has 0 saturated carbocycles. The van der Waals surface area contributed by atoms with E-state index in [0.717, 1.165) is 22.3 Å². The van der Waals surface area contributed by atoms with E-state index < -0.39 is 31.3 Å². The minimum atomic E-state index is -2.93. The number of thioether (sulfide) groups is 1. The van der Waals surface area contributed by atoms with E-state index in [1.165, 1.54) is 11.8 Å². The lowest BCUT2D eigenvalue weighted by atomic mass is 9.90. The fourth-order valence-corrected chi connectivity index (χ4v) is 6.30. The predicted octanol–water partition coefficient (Wildman–Crippen LogP) is 7.45. The summed E-state index contributed by atoms with van der Waals surface area (Å²) in [6, 6.07) is 28.9. The van der Waals surface area contributed by atoms with Gasteiger partial charge in [-0.05, 0) is 82.9 Å². The van der Waals surface area contributed by atoms with Gasteiger partial charge in [-0.25, -0.2) is 13.9 Å². The van der Waals surface area contributed by atoms with E-state index in [-0.39, 0.29) is 12.0 Å². The summed E-state index contributed by atoms with van der Waals surface area (Å²) in [4.78, 5) is 25.3. The Morgan fingerprint density at radius 1 is 0.878 bits per heavy atom. The number of hydrogen-bond donors (Lipinski definition) is 2. The Bertz CT molecular complexity index is 1590. The first-order chi connectivity index (χ1) is 19.8. The molecule has 4 rings (SSSR count). The van der Waals surface area contributed by atoms with Crippen molar-refractivity contribution in [3.8, 4) is 11.1 Å². The second kappa shape index (κ2) is 14.1. The van der Waals surface area contributed by atoms with Gasteiger partial charge in [-0.3, -0.25) is 4.79 Å². The average Bonchev–Trinajstić information content (AvgIpc) is 2.96. The third-order valence-corrected chi connectivity index (χ3v) is 8.69. The van der Waals surface area contributed by atoms with Gasteiger partial charge in [-0.2, -0.15) is 11.8 Å². The highest BCUT2D eigenvalue weighted by Gasteiger charge is 2.27. The van der Waals surface area contributed by atoms with Crippen molar-refractivity contribution in [3.05, 3.63) is 130 Å². The molecule has 0 radical (unpaired) electrons. The van der Waals surface area contributed by atoms with Gasteiger partial charge in [0.2, 0.25) is 0 Å². The van der Waals surface area contributed by atoms with Gasteiger partial charge in [0.15, 0.2) is 0 Å². The van der Waals surface area contributed by atoms with E-state index in [1.807, 2.05) is 92.0 Å². The van der Waals surface area contributed by atoms with Crippen LogP contribution in [0, 0.1) is 6.92 Å². The lowest BCUT2D eigenvalue weighted by Gasteiger charge is -2.20. The molecule has 0 spiro atoms. The number of carbonyl (C=O) groups excluding carboxylic acids is 1. The minimum absolute atomic E-state index is 0.288. The summed E-state index contributed by atoms with van der Waals surface area (Å²) in [5.74, 6) is -1.03. The molecule has 4 aromatic carbocycles. The summed E-state index contributed by atoms with van der Waals surface area (Å²) < 4.78 is 25.7. The smallest absolute Gasteiger partial charge is 0.327 e. The SMILES string of the molecule is CSCCC(NC(=O)c1ccc(C(c2ccccc2Cc2ccccc2)P(=O)=O)cc1-c1ccccc1C)C(=O)O. The Balaban J connectivity index is 1.81. The van der Waals surface area contributed by atoms with Gasteiger partial charge < -0.3 is 10.4 Å². The van der Waals surface area contributed by atoms with Crippen molar-refractivity contribution in [2.24, 2.45) is 0 Å². The molecule has 0 heterocycles. The zero-order valence-electron chi connectivity index (χ0n) is 22.9. The quantitative estimate of drug-likeness (QED) is 0.168. The zero-order chi connectivity index (χ0) is 29.4. The van der Waals surface area contributed by atoms with E-state index in [4.69, 9.17) is 0 Å². The summed E-state index contributed by atoms with van der Waals surface area (Å²) >= 11 is 1.51. The molecule has 210 valence electrons. The number of hydrogen-bond acceptors (Lipinski definition) is 5. The predicted molar refractivity (Wildman–Crippen MR) is 164 cm³/mol. The van der Waals surface area contributed by atoms with E-state index in [9.17, 15) is 23.8 Å². The van der Waals surface area contributed by atoms with E-state index in [1.54, 1.807) is 18.2 Å². The fraction of sp³-hybridized carbons (Fsp3) is 0.212. The van der Waals surface area contributed by atoms with Crippen molar-refractivity contribution in [1.29, 1.82) is 0 Å². The lowest BCUT2D eigenvalue weighted by molar-refractivity contribution is -0.139. The summed E-state index contributed by atoms with van der Waals surface area (Å²) in [6.07, 6.45) is 2.75. The van der Waals surface area contributed by atoms with Crippen molar-refractivity contribution < 1.29 is 23.8 Å². The van der Waals surface area contributed by atoms with Gasteiger partial charge in [-0.1, -0.05) is 84.9 Å². The molecule has 2 atom stereocenters. The van der Waals surface area contributed by atoms with Crippen molar-refractivity contribution in [3.63, 3.8) is 0 Å². The molecule has 2 unspecified atom stereocenters. The van der Waals surface area contributed by atoms with Crippen LogP contribution in [0.3, 0.4) is 0 Å². The van der Waals surface area contributed by atoms with Crippen LogP contribution in [-0.2, 0) is 20.3 Å². The summed E-state index contributed by atoms with van der Waals surface area (Å²) in [5, 5.41) is 12.3. The van der Waals surface area contributed by atoms with E-state index >= 15 is 0 Å². The number of aliphatic carboxylic acids is 1. The summed E-state index contributed by atoms with van der Waals surface area (Å²) in [6.45, 7) is 1.92. The van der Waals surface area contributed by atoms with Crippen LogP contribution < -0.4 is 5.32 Å². The van der Waals surface area contributed by atoms with Gasteiger partial charge >= 0.3 is 13.6 Å². The molecule has 6 nitrogen and oxygen atoms in total. The molecule has 41 heavy (non-hydrogen) atoms. The molecule has 0 saturated heterocycles. The standard InChI is InChI=1S/C33H32NO5PS/c1-22-10-6-8-14-26(22)29-21-25(16-17-28(29)32(35)34-30(33(36)37)18-19-41-2)31(40(38)39)27-15-9-7-13-24(27)20-23-11-4-3-5-12-23/h3-17,21,30-31H,18-20H2,1-2H3,(H,34,35)(H,36,37). The largest absolute Gasteiger partial charge is 0.480 e. The lowest BCUT2D eigenvalue weighted by Crippen LogP contribution is -2.41. The molecule has 0 fully saturated rings. The molecule has 0 aliphatic rings. The van der Waals surface area contributed by atoms with Crippen LogP contribution in [0.2, 0.25) is 0 Å². The minimum Gasteiger partial charge on any atom is -0.480 e. The first-order valence-corrected chi connectivity index (χ1v) is 15.9. The third-order valence-electron chi connectivity index (χ3n) is 7.05. The maximum absolute atomic E-state index is 13.5. The first kappa shape index (κ1) is 30.0. The van der Waals surface area contributed by atoms with Crippen LogP contribution in [0.15, 0.2) is 97.1 Å². The Morgan fingerprint density at radius 3 is 2.24 bits per heavy atom. The molecule has 0 bridgehead atoms. The number of aryl methyl sites for hydroxylation is 1. The second-order valence-electron chi connectivity index (χ2n) is 9.81. The zero-order valence-corrected chi connectivity index (χ0v) is 24.7. The molecule has 0 aliphatic carbocycles. The number of benzene rings is 4. The molecule has 4 aromatic rings. The highest BCUT2D eigenvalue weighted by Crippen LogP contribution is 2.42. The maximum Gasteiger partial charge on any atom is 0.327 e. The fourth-order valence-electron chi connectivity index (χ4n) is 4.95. The van der Waals surface area contributed by atoms with Crippen molar-refractivity contribution in [1.82, 2.24) is 5.32 Å². The van der Waals surface area contributed by atoms with Gasteiger partial charge in [0.05, 0.1) is 0 Å². The number of amides is 1. The van der Waals surface area contributed by atoms with Crippen LogP contribution in [0.1, 0.15) is 50.3 Å². The van der Waals surface area contributed by atoms with Crippen LogP contribution in [0.25, 0.3) is 11.1 Å². The van der Waals surface area contributed by atoms with Crippen LogP contribution in [0.4, 0.5) is 0 Å². The highest BCUT2D eigenvalue weighted by molar-refractivity contribution is 7.98. The van der Waals surface area contributed by atoms with Crippen LogP contribution >= 0.6 is 19.4 Å². The van der Waals surface area contributed by atoms with Crippen molar-refractivity contribution >= 4 is 31.3 Å². The van der Waals surface area contributed by atoms with Gasteiger partial charge in [0, 0.05) is 5.56 Å². The van der Waals surface area contributed by atoms with Crippen LogP contribution in [0.5, 0.6) is 0 Å². The molecular weight excluding hydrogens is 553 g/mol. The first-order valence-electron chi connectivity index (χ1n) is 13.3. The van der Waals surface area contributed by atoms with Crippen molar-refractivity contribution in [2.45, 2.75) is 31.5 Å². The summed E-state index contributed by atoms with van der Waals surface area (Å²) in [7, 11) is -2.93. The summed E-state index contributed by atoms with van der Waals surface area (Å²) in [5.41, 5.74) is 4.78. The number of carboxylic acid groups (broad SMARTS) is 1. The Kier molecular flexibility index (Phi) is 10.3. The molecule has 8 heteroatoms. The Hall–Kier alpha value is -3.93. The molecule has 0 aliphatic heterocycles. The highest BCUT2D eigenvalue weighted by atomic mass is 32.2. The number of rotatable bonds is 12. The average molecular weight is 586 g/mol. The molecular formula is C33H32NO5PS. The molecule has 1 amide bonds. The topological polar surface area (TPSA) is 101 Å². The molecule has 0 aromatic heterocycles. The monoisotopic (exact) mass is 585 g/mol. The number of carboxylic acids is 1. The third kappa shape index (κ3) is 7.43. The number of nitrogens with one attached hydrogen (secondary N) is 1. The Labute approximate surface area is 245 Å². The van der Waals surface area contributed by atoms with Gasteiger partial charge in [-0.15, -0.1) is 0 Å². The van der Waals surface area contributed by atoms with Gasteiger partial charge in [0.25, 0.3) is 5.91 Å². The molecule has 2 N–H and O–H groups in total. The number of carbonyl (C=O) groups is 2. The van der Waals surface area contributed by atoms with E-state index in [0.29, 0.717) is 28.9 Å². The van der Waals surface area contributed by atoms with E-state index in [2.05, 4.69) is 5.32 Å². The Morgan fingerprint density at radius 2 is 1.56 bits per heavy atom. The maximum atomic E-state index is 13.5. The second-order valence-corrected chi connectivity index (χ2v) is 11.9. The van der Waals surface area contributed by atoms with Crippen LogP contribution in [-0.4, -0.2) is 35.0 Å².